The number of nitro benzene ring substituents is 1. The third kappa shape index (κ3) is 4.09. The highest BCUT2D eigenvalue weighted by atomic mass is 16.6. The Bertz CT molecular complexity index is 1090. The molecule has 9 nitrogen and oxygen atoms in total. The molecule has 1 aromatic heterocycles. The van der Waals surface area contributed by atoms with E-state index in [0.29, 0.717) is 37.0 Å². The maximum Gasteiger partial charge on any atom is 0.286 e. The molecule has 1 aliphatic heterocycles. The van der Waals surface area contributed by atoms with E-state index in [2.05, 4.69) is 10.3 Å². The van der Waals surface area contributed by atoms with Gasteiger partial charge in [-0.1, -0.05) is 17.7 Å². The summed E-state index contributed by atoms with van der Waals surface area (Å²) in [6.07, 6.45) is 1.95. The molecule has 3 aromatic rings. The lowest BCUT2D eigenvalue weighted by atomic mass is 10.1. The third-order valence-corrected chi connectivity index (χ3v) is 4.62. The van der Waals surface area contributed by atoms with Gasteiger partial charge in [-0.2, -0.15) is 0 Å². The molecule has 1 amide bonds. The zero-order chi connectivity index (χ0) is 21.1. The van der Waals surface area contributed by atoms with E-state index in [1.54, 1.807) is 0 Å². The summed E-state index contributed by atoms with van der Waals surface area (Å²) in [6, 6.07) is 10.4. The Kier molecular flexibility index (Phi) is 5.34. The van der Waals surface area contributed by atoms with E-state index in [9.17, 15) is 14.9 Å². The number of nitrogens with zero attached hydrogens (tertiary/aromatic N) is 2. The number of carbonyl (C=O) groups is 1. The van der Waals surface area contributed by atoms with Gasteiger partial charge in [-0.15, -0.1) is 0 Å². The molecule has 2 aromatic carbocycles. The van der Waals surface area contributed by atoms with Crippen molar-refractivity contribution in [2.75, 3.05) is 19.8 Å². The van der Waals surface area contributed by atoms with Crippen LogP contribution in [0.3, 0.4) is 0 Å². The number of benzene rings is 2. The number of aryl methyl sites for hydroxylation is 1. The van der Waals surface area contributed by atoms with Crippen molar-refractivity contribution in [1.82, 2.24) is 10.3 Å². The second-order valence-electron chi connectivity index (χ2n) is 6.79. The quantitative estimate of drug-likeness (QED) is 0.490. The van der Waals surface area contributed by atoms with Crippen LogP contribution in [0.4, 0.5) is 5.69 Å². The zero-order valence-corrected chi connectivity index (χ0v) is 16.2. The molecule has 9 heteroatoms. The Morgan fingerprint density at radius 2 is 1.87 bits per heavy atom. The molecule has 1 N–H and O–H groups in total. The number of hydrogen-bond donors (Lipinski definition) is 1. The predicted octanol–water partition coefficient (Wildman–Crippen LogP) is 3.30. The summed E-state index contributed by atoms with van der Waals surface area (Å²) in [7, 11) is 0. The number of rotatable bonds is 6. The summed E-state index contributed by atoms with van der Waals surface area (Å²) in [5, 5.41) is 14.1. The first kappa shape index (κ1) is 19.4. The normalized spacial score (nSPS) is 12.4. The fraction of sp³-hybridized carbons (Fsp3) is 0.238. The lowest BCUT2D eigenvalue weighted by Gasteiger charge is -2.18. The summed E-state index contributed by atoms with van der Waals surface area (Å²) in [6.45, 7) is 2.86. The maximum atomic E-state index is 12.5. The molecule has 0 spiro atoms. The lowest BCUT2D eigenvalue weighted by Crippen LogP contribution is -2.27. The van der Waals surface area contributed by atoms with Gasteiger partial charge < -0.3 is 19.2 Å². The van der Waals surface area contributed by atoms with Gasteiger partial charge in [0.25, 0.3) is 11.6 Å². The first-order valence-corrected chi connectivity index (χ1v) is 9.39. The first-order valence-electron chi connectivity index (χ1n) is 9.39. The van der Waals surface area contributed by atoms with Crippen LogP contribution in [0.5, 0.6) is 11.5 Å². The monoisotopic (exact) mass is 409 g/mol. The van der Waals surface area contributed by atoms with Crippen LogP contribution in [-0.2, 0) is 6.42 Å². The number of ether oxygens (including phenoxy) is 2. The molecule has 0 atom stereocenters. The van der Waals surface area contributed by atoms with Gasteiger partial charge in [0.05, 0.1) is 16.7 Å². The van der Waals surface area contributed by atoms with Gasteiger partial charge in [-0.3, -0.25) is 14.9 Å². The van der Waals surface area contributed by atoms with Crippen molar-refractivity contribution < 1.29 is 23.6 Å². The number of aromatic nitrogens is 1. The Morgan fingerprint density at radius 3 is 2.57 bits per heavy atom. The van der Waals surface area contributed by atoms with Gasteiger partial charge in [0, 0.05) is 24.6 Å². The van der Waals surface area contributed by atoms with E-state index < -0.39 is 10.8 Å². The number of amides is 1. The predicted molar refractivity (Wildman–Crippen MR) is 107 cm³/mol. The second-order valence-corrected chi connectivity index (χ2v) is 6.79. The minimum Gasteiger partial charge on any atom is -0.486 e. The highest BCUT2D eigenvalue weighted by Gasteiger charge is 2.26. The fourth-order valence-corrected chi connectivity index (χ4v) is 3.06. The van der Waals surface area contributed by atoms with Gasteiger partial charge >= 0.3 is 0 Å². The largest absolute Gasteiger partial charge is 0.486 e. The SMILES string of the molecule is Cc1ccc(-c2nc(CCNC(=O)c3cc4c(cc3[N+](=O)[O-])OCCO4)co2)cc1. The molecule has 30 heavy (non-hydrogen) atoms. The third-order valence-electron chi connectivity index (χ3n) is 4.62. The van der Waals surface area contributed by atoms with Crippen LogP contribution >= 0.6 is 0 Å². The maximum absolute atomic E-state index is 12.5. The van der Waals surface area contributed by atoms with Crippen LogP contribution in [0.15, 0.2) is 47.1 Å². The van der Waals surface area contributed by atoms with Crippen LogP contribution in [0.25, 0.3) is 11.5 Å². The molecule has 0 aliphatic carbocycles. The van der Waals surface area contributed by atoms with E-state index in [1.165, 1.54) is 18.4 Å². The van der Waals surface area contributed by atoms with Gasteiger partial charge in [-0.25, -0.2) is 4.98 Å². The van der Waals surface area contributed by atoms with Crippen LogP contribution in [-0.4, -0.2) is 35.6 Å². The summed E-state index contributed by atoms with van der Waals surface area (Å²) < 4.78 is 16.3. The van der Waals surface area contributed by atoms with Gasteiger partial charge in [-0.05, 0) is 19.1 Å². The van der Waals surface area contributed by atoms with E-state index >= 15 is 0 Å². The standard InChI is InChI=1S/C21H19N3O6/c1-13-2-4-14(5-3-13)21-23-15(12-30-21)6-7-22-20(25)16-10-18-19(29-9-8-28-18)11-17(16)24(26)27/h2-5,10-12H,6-9H2,1H3,(H,22,25). The van der Waals surface area contributed by atoms with E-state index in [0.717, 1.165) is 11.1 Å². The van der Waals surface area contributed by atoms with E-state index in [4.69, 9.17) is 13.9 Å². The number of hydrogen-bond acceptors (Lipinski definition) is 7. The van der Waals surface area contributed by atoms with Crippen molar-refractivity contribution >= 4 is 11.6 Å². The van der Waals surface area contributed by atoms with Crippen LogP contribution in [0, 0.1) is 17.0 Å². The average molecular weight is 409 g/mol. The highest BCUT2D eigenvalue weighted by Crippen LogP contribution is 2.36. The number of oxazole rings is 1. The summed E-state index contributed by atoms with van der Waals surface area (Å²) in [5.74, 6) is 0.506. The molecule has 2 heterocycles. The molecular formula is C21H19N3O6. The molecule has 154 valence electrons. The Hall–Kier alpha value is -3.88. The molecule has 0 radical (unpaired) electrons. The molecule has 1 aliphatic rings. The van der Waals surface area contributed by atoms with Crippen molar-refractivity contribution in [3.8, 4) is 23.0 Å². The summed E-state index contributed by atoms with van der Waals surface area (Å²) in [5.41, 5.74) is 2.26. The molecule has 0 saturated carbocycles. The smallest absolute Gasteiger partial charge is 0.286 e. The van der Waals surface area contributed by atoms with Crippen LogP contribution in [0.1, 0.15) is 21.6 Å². The highest BCUT2D eigenvalue weighted by molar-refractivity contribution is 5.99. The number of carbonyl (C=O) groups excluding carboxylic acids is 1. The number of nitro groups is 1. The summed E-state index contributed by atoms with van der Waals surface area (Å²) in [4.78, 5) is 27.7. The zero-order valence-electron chi connectivity index (χ0n) is 16.2. The Labute approximate surface area is 171 Å². The van der Waals surface area contributed by atoms with Crippen LogP contribution < -0.4 is 14.8 Å². The van der Waals surface area contributed by atoms with E-state index in [-0.39, 0.29) is 23.5 Å². The molecule has 0 bridgehead atoms. The molecular weight excluding hydrogens is 390 g/mol. The van der Waals surface area contributed by atoms with Crippen molar-refractivity contribution in [2.24, 2.45) is 0 Å². The van der Waals surface area contributed by atoms with Crippen LogP contribution in [0.2, 0.25) is 0 Å². The topological polar surface area (TPSA) is 117 Å². The average Bonchev–Trinajstić information content (AvgIpc) is 3.22. The number of nitrogens with one attached hydrogen (secondary N) is 1. The van der Waals surface area contributed by atoms with Crippen molar-refractivity contribution in [1.29, 1.82) is 0 Å². The molecule has 0 fully saturated rings. The number of fused-ring (bicyclic) bond motifs is 1. The van der Waals surface area contributed by atoms with Gasteiger partial charge in [0.15, 0.2) is 11.5 Å². The van der Waals surface area contributed by atoms with Gasteiger partial charge in [0.2, 0.25) is 5.89 Å². The van der Waals surface area contributed by atoms with Crippen molar-refractivity contribution in [2.45, 2.75) is 13.3 Å². The summed E-state index contributed by atoms with van der Waals surface area (Å²) >= 11 is 0. The van der Waals surface area contributed by atoms with Crippen molar-refractivity contribution in [3.05, 3.63) is 69.6 Å². The Morgan fingerprint density at radius 1 is 1.17 bits per heavy atom. The molecule has 0 unspecified atom stereocenters. The fourth-order valence-electron chi connectivity index (χ4n) is 3.06. The first-order chi connectivity index (χ1) is 14.5. The molecule has 0 saturated heterocycles. The lowest BCUT2D eigenvalue weighted by molar-refractivity contribution is -0.385. The molecule has 4 rings (SSSR count). The van der Waals surface area contributed by atoms with Gasteiger partial charge in [0.1, 0.15) is 25.0 Å². The van der Waals surface area contributed by atoms with E-state index in [1.807, 2.05) is 31.2 Å². The van der Waals surface area contributed by atoms with Crippen molar-refractivity contribution in [3.63, 3.8) is 0 Å². The minimum absolute atomic E-state index is 0.0789. The Balaban J connectivity index is 1.42. The second kappa shape index (κ2) is 8.24. The minimum atomic E-state index is -0.612.